The molecule has 4 aliphatic rings. The molecule has 10 heteroatoms. The molecule has 0 N–H and O–H groups in total. The first-order chi connectivity index (χ1) is 20.1. The van der Waals surface area contributed by atoms with E-state index in [2.05, 4.69) is 39.4 Å². The SMILES string of the molecule is C=CC(=O)N1CCN(c2nc(OC[C@@H]3CCCN3C)nc3c2CCN(c2cncc4c2CCCC4)C3)C[C@@H]1CC#N. The molecule has 0 spiro atoms. The number of hydrogen-bond acceptors (Lipinski definition) is 9. The molecule has 1 amide bonds. The Bertz CT molecular complexity index is 1340. The maximum Gasteiger partial charge on any atom is 0.318 e. The number of nitrogens with zero attached hydrogens (tertiary/aromatic N) is 8. The molecule has 0 aromatic carbocycles. The van der Waals surface area contributed by atoms with Gasteiger partial charge in [0.15, 0.2) is 0 Å². The van der Waals surface area contributed by atoms with Crippen LogP contribution in [-0.4, -0.2) is 89.1 Å². The van der Waals surface area contributed by atoms with Crippen LogP contribution < -0.4 is 14.5 Å². The second-order valence-corrected chi connectivity index (χ2v) is 11.7. The molecule has 1 aliphatic carbocycles. The van der Waals surface area contributed by atoms with Crippen molar-refractivity contribution in [2.75, 3.05) is 56.2 Å². The monoisotopic (exact) mass is 556 g/mol. The summed E-state index contributed by atoms with van der Waals surface area (Å²) in [6.45, 7) is 8.55. The van der Waals surface area contributed by atoms with Gasteiger partial charge in [-0.05, 0) is 75.7 Å². The Balaban J connectivity index is 1.31. The molecule has 5 heterocycles. The number of aryl methyl sites for hydroxylation is 1. The van der Waals surface area contributed by atoms with Crippen LogP contribution in [0.2, 0.25) is 0 Å². The number of likely N-dealkylation sites (tertiary alicyclic amines) is 1. The summed E-state index contributed by atoms with van der Waals surface area (Å²) in [5.41, 5.74) is 6.18. The zero-order chi connectivity index (χ0) is 28.3. The highest BCUT2D eigenvalue weighted by atomic mass is 16.5. The van der Waals surface area contributed by atoms with Gasteiger partial charge in [-0.15, -0.1) is 0 Å². The standard InChI is InChI=1S/C31H40N8O2/c1-3-29(40)39-16-15-38(19-23(39)10-12-32)30-26-11-14-37(28-18-33-17-22-7-4-5-9-25(22)28)20-27(26)34-31(35-30)41-21-24-8-6-13-36(24)2/h3,17-18,23-24H,1,4-11,13-16,19-21H2,2H3/t23-,24-/m0/s1. The van der Waals surface area contributed by atoms with Crippen molar-refractivity contribution in [2.45, 2.75) is 70.0 Å². The highest BCUT2D eigenvalue weighted by Gasteiger charge is 2.34. The molecule has 41 heavy (non-hydrogen) atoms. The smallest absolute Gasteiger partial charge is 0.318 e. The second-order valence-electron chi connectivity index (χ2n) is 11.7. The Labute approximate surface area is 242 Å². The molecule has 6 rings (SSSR count). The first-order valence-electron chi connectivity index (χ1n) is 15.0. The number of likely N-dealkylation sites (N-methyl/N-ethyl adjacent to an activating group) is 1. The topological polar surface area (TPSA) is 102 Å². The molecule has 3 aliphatic heterocycles. The molecule has 10 nitrogen and oxygen atoms in total. The zero-order valence-corrected chi connectivity index (χ0v) is 24.1. The van der Waals surface area contributed by atoms with Crippen LogP contribution in [-0.2, 0) is 30.6 Å². The molecular weight excluding hydrogens is 516 g/mol. The van der Waals surface area contributed by atoms with Crippen molar-refractivity contribution in [3.8, 4) is 12.1 Å². The minimum absolute atomic E-state index is 0.130. The summed E-state index contributed by atoms with van der Waals surface area (Å²) in [4.78, 5) is 35.8. The summed E-state index contributed by atoms with van der Waals surface area (Å²) >= 11 is 0. The number of nitriles is 1. The third kappa shape index (κ3) is 5.60. The largest absolute Gasteiger partial charge is 0.462 e. The van der Waals surface area contributed by atoms with E-state index in [1.54, 1.807) is 4.90 Å². The number of anilines is 2. The van der Waals surface area contributed by atoms with Gasteiger partial charge in [-0.1, -0.05) is 6.58 Å². The predicted molar refractivity (Wildman–Crippen MR) is 157 cm³/mol. The lowest BCUT2D eigenvalue weighted by atomic mass is 9.91. The number of carbonyl (C=O) groups is 1. The van der Waals surface area contributed by atoms with Gasteiger partial charge in [0.05, 0.1) is 42.7 Å². The van der Waals surface area contributed by atoms with Crippen LogP contribution in [0.15, 0.2) is 25.0 Å². The van der Waals surface area contributed by atoms with E-state index < -0.39 is 0 Å². The van der Waals surface area contributed by atoms with E-state index in [0.29, 0.717) is 44.8 Å². The summed E-state index contributed by atoms with van der Waals surface area (Å²) in [6, 6.07) is 2.83. The van der Waals surface area contributed by atoms with E-state index in [4.69, 9.17) is 14.7 Å². The molecule has 2 aromatic heterocycles. The maximum absolute atomic E-state index is 12.5. The van der Waals surface area contributed by atoms with E-state index in [1.165, 1.54) is 42.2 Å². The van der Waals surface area contributed by atoms with Gasteiger partial charge in [-0.25, -0.2) is 0 Å². The van der Waals surface area contributed by atoms with Gasteiger partial charge < -0.3 is 24.3 Å². The van der Waals surface area contributed by atoms with E-state index in [0.717, 1.165) is 55.8 Å². The Morgan fingerprint density at radius 2 is 1.95 bits per heavy atom. The molecule has 0 bridgehead atoms. The van der Waals surface area contributed by atoms with E-state index in [1.807, 2.05) is 12.4 Å². The van der Waals surface area contributed by atoms with Crippen molar-refractivity contribution < 1.29 is 9.53 Å². The molecule has 2 saturated heterocycles. The van der Waals surface area contributed by atoms with E-state index in [-0.39, 0.29) is 18.4 Å². The summed E-state index contributed by atoms with van der Waals surface area (Å²) < 4.78 is 6.29. The van der Waals surface area contributed by atoms with Gasteiger partial charge in [0, 0.05) is 44.0 Å². The van der Waals surface area contributed by atoms with Crippen molar-refractivity contribution in [2.24, 2.45) is 0 Å². The van der Waals surface area contributed by atoms with Crippen molar-refractivity contribution >= 4 is 17.4 Å². The fraction of sp³-hybridized carbons (Fsp3) is 0.581. The number of ether oxygens (including phenoxy) is 1. The third-order valence-electron chi connectivity index (χ3n) is 9.25. The molecule has 0 radical (unpaired) electrons. The number of fused-ring (bicyclic) bond motifs is 2. The highest BCUT2D eigenvalue weighted by molar-refractivity contribution is 5.87. The number of piperazine rings is 1. The fourth-order valence-electron chi connectivity index (χ4n) is 6.93. The number of amides is 1. The van der Waals surface area contributed by atoms with Gasteiger partial charge in [-0.2, -0.15) is 15.2 Å². The summed E-state index contributed by atoms with van der Waals surface area (Å²) in [5, 5.41) is 9.51. The van der Waals surface area contributed by atoms with Crippen LogP contribution in [0.4, 0.5) is 11.5 Å². The van der Waals surface area contributed by atoms with Crippen molar-refractivity contribution in [3.05, 3.63) is 47.4 Å². The fourth-order valence-corrected chi connectivity index (χ4v) is 6.93. The maximum atomic E-state index is 12.5. The Hall–Kier alpha value is -3.71. The zero-order valence-electron chi connectivity index (χ0n) is 24.1. The van der Waals surface area contributed by atoms with Gasteiger partial charge in [-0.3, -0.25) is 9.78 Å². The van der Waals surface area contributed by atoms with Gasteiger partial charge in [0.1, 0.15) is 12.4 Å². The van der Waals surface area contributed by atoms with Crippen LogP contribution in [0.5, 0.6) is 6.01 Å². The average Bonchev–Trinajstić information content (AvgIpc) is 3.43. The normalized spacial score (nSPS) is 22.6. The molecular formula is C31H40N8O2. The van der Waals surface area contributed by atoms with E-state index >= 15 is 0 Å². The Morgan fingerprint density at radius 3 is 2.76 bits per heavy atom. The minimum atomic E-state index is -0.219. The van der Waals surface area contributed by atoms with Crippen LogP contribution in [0, 0.1) is 11.3 Å². The number of carbonyl (C=O) groups excluding carboxylic acids is 1. The molecule has 216 valence electrons. The lowest BCUT2D eigenvalue weighted by molar-refractivity contribution is -0.128. The third-order valence-corrected chi connectivity index (χ3v) is 9.25. The molecule has 2 fully saturated rings. The summed E-state index contributed by atoms with van der Waals surface area (Å²) in [6.07, 6.45) is 13.4. The van der Waals surface area contributed by atoms with Crippen LogP contribution in [0.1, 0.15) is 54.5 Å². The van der Waals surface area contributed by atoms with Crippen molar-refractivity contribution in [1.29, 1.82) is 5.26 Å². The number of hydrogen-bond donors (Lipinski definition) is 0. The Kier molecular flexibility index (Phi) is 8.06. The second kappa shape index (κ2) is 12.0. The van der Waals surface area contributed by atoms with Crippen molar-refractivity contribution in [3.63, 3.8) is 0 Å². The van der Waals surface area contributed by atoms with Crippen LogP contribution in [0.25, 0.3) is 0 Å². The Morgan fingerprint density at radius 1 is 1.07 bits per heavy atom. The first kappa shape index (κ1) is 27.5. The highest BCUT2D eigenvalue weighted by Crippen LogP contribution is 2.35. The number of pyridine rings is 1. The quantitative estimate of drug-likeness (QED) is 0.477. The average molecular weight is 557 g/mol. The number of aromatic nitrogens is 3. The molecule has 2 atom stereocenters. The number of rotatable bonds is 7. The van der Waals surface area contributed by atoms with Crippen molar-refractivity contribution in [1.82, 2.24) is 24.8 Å². The summed E-state index contributed by atoms with van der Waals surface area (Å²) in [5.74, 6) is 0.751. The molecule has 2 aromatic rings. The molecule has 0 saturated carbocycles. The van der Waals surface area contributed by atoms with E-state index in [9.17, 15) is 10.1 Å². The van der Waals surface area contributed by atoms with Gasteiger partial charge >= 0.3 is 6.01 Å². The van der Waals surface area contributed by atoms with Gasteiger partial charge in [0.2, 0.25) is 5.91 Å². The van der Waals surface area contributed by atoms with Gasteiger partial charge in [0.25, 0.3) is 0 Å². The lowest BCUT2D eigenvalue weighted by Crippen LogP contribution is -2.55. The predicted octanol–water partition coefficient (Wildman–Crippen LogP) is 2.90. The van der Waals surface area contributed by atoms with Crippen LogP contribution >= 0.6 is 0 Å². The van der Waals surface area contributed by atoms with Crippen LogP contribution in [0.3, 0.4) is 0 Å². The summed E-state index contributed by atoms with van der Waals surface area (Å²) in [7, 11) is 2.14. The first-order valence-corrected chi connectivity index (χ1v) is 15.0. The minimum Gasteiger partial charge on any atom is -0.462 e. The lowest BCUT2D eigenvalue weighted by Gasteiger charge is -2.42. The molecule has 0 unspecified atom stereocenters.